The van der Waals surface area contributed by atoms with Gasteiger partial charge in [0.15, 0.2) is 5.88 Å². The summed E-state index contributed by atoms with van der Waals surface area (Å²) in [7, 11) is 0. The second-order valence-corrected chi connectivity index (χ2v) is 3.49. The molecule has 0 spiro atoms. The van der Waals surface area contributed by atoms with Gasteiger partial charge in [-0.2, -0.15) is 0 Å². The number of aliphatic hydroxyl groups is 1. The summed E-state index contributed by atoms with van der Waals surface area (Å²) in [6.45, 7) is 3.59. The number of amides is 2. The highest BCUT2D eigenvalue weighted by Gasteiger charge is 2.19. The van der Waals surface area contributed by atoms with Crippen molar-refractivity contribution in [1.29, 1.82) is 0 Å². The molecule has 1 aliphatic heterocycles. The summed E-state index contributed by atoms with van der Waals surface area (Å²) in [5.41, 5.74) is 5.64. The fourth-order valence-corrected chi connectivity index (χ4v) is 1.38. The summed E-state index contributed by atoms with van der Waals surface area (Å²) >= 11 is 0. The van der Waals surface area contributed by atoms with E-state index in [0.29, 0.717) is 10.8 Å². The first-order valence-corrected chi connectivity index (χ1v) is 4.57. The molecule has 1 heterocycles. The SMILES string of the molecule is CC(C)N(C(N)=O)C1=CCN([O-])C(O)=C1. The number of aliphatic hydroxyl groups excluding tert-OH is 1. The van der Waals surface area contributed by atoms with Crippen LogP contribution in [-0.2, 0) is 0 Å². The van der Waals surface area contributed by atoms with E-state index in [1.54, 1.807) is 13.8 Å². The van der Waals surface area contributed by atoms with Crippen LogP contribution in [0, 0.1) is 5.21 Å². The molecule has 0 aromatic carbocycles. The number of carbonyl (C=O) groups excluding carboxylic acids is 1. The summed E-state index contributed by atoms with van der Waals surface area (Å²) in [5.74, 6) is -0.417. The molecule has 84 valence electrons. The van der Waals surface area contributed by atoms with E-state index in [1.807, 2.05) is 0 Å². The molecule has 0 fully saturated rings. The minimum absolute atomic E-state index is 0.00810. The number of nitrogens with two attached hydrogens (primary N) is 1. The van der Waals surface area contributed by atoms with Gasteiger partial charge in [-0.1, -0.05) is 0 Å². The third-order valence-corrected chi connectivity index (χ3v) is 2.03. The minimum Gasteiger partial charge on any atom is -0.756 e. The van der Waals surface area contributed by atoms with Gasteiger partial charge in [0, 0.05) is 24.4 Å². The molecule has 1 rings (SSSR count). The Hall–Kier alpha value is -1.69. The number of rotatable bonds is 2. The molecular formula is C9H14N3O3-. The highest BCUT2D eigenvalue weighted by atomic mass is 16.5. The van der Waals surface area contributed by atoms with Crippen LogP contribution in [0.2, 0.25) is 0 Å². The summed E-state index contributed by atoms with van der Waals surface area (Å²) in [6.07, 6.45) is 2.76. The molecular weight excluding hydrogens is 198 g/mol. The lowest BCUT2D eigenvalue weighted by Crippen LogP contribution is -2.41. The largest absolute Gasteiger partial charge is 0.756 e. The summed E-state index contributed by atoms with van der Waals surface area (Å²) in [6, 6.07) is -0.740. The maximum Gasteiger partial charge on any atom is 0.319 e. The molecule has 0 saturated carbocycles. The van der Waals surface area contributed by atoms with E-state index in [-0.39, 0.29) is 12.6 Å². The van der Waals surface area contributed by atoms with Gasteiger partial charge >= 0.3 is 6.03 Å². The Labute approximate surface area is 87.8 Å². The van der Waals surface area contributed by atoms with Crippen LogP contribution in [0.25, 0.3) is 0 Å². The number of hydroxylamine groups is 2. The van der Waals surface area contributed by atoms with E-state index < -0.39 is 11.9 Å². The second-order valence-electron chi connectivity index (χ2n) is 3.49. The average molecular weight is 212 g/mol. The highest BCUT2D eigenvalue weighted by Crippen LogP contribution is 2.17. The maximum atomic E-state index is 11.1. The predicted molar refractivity (Wildman–Crippen MR) is 55.4 cm³/mol. The van der Waals surface area contributed by atoms with Crippen LogP contribution >= 0.6 is 0 Å². The van der Waals surface area contributed by atoms with Gasteiger partial charge in [0.1, 0.15) is 0 Å². The van der Waals surface area contributed by atoms with Crippen LogP contribution in [0.5, 0.6) is 0 Å². The van der Waals surface area contributed by atoms with Crippen molar-refractivity contribution >= 4 is 6.03 Å². The summed E-state index contributed by atoms with van der Waals surface area (Å²) in [4.78, 5) is 12.4. The molecule has 2 amide bonds. The maximum absolute atomic E-state index is 11.1. The molecule has 0 aromatic heterocycles. The molecule has 0 aliphatic carbocycles. The molecule has 0 saturated heterocycles. The van der Waals surface area contributed by atoms with Gasteiger partial charge in [0.25, 0.3) is 0 Å². The first-order chi connectivity index (χ1) is 6.93. The lowest BCUT2D eigenvalue weighted by molar-refractivity contribution is 0.208. The van der Waals surface area contributed by atoms with Crippen LogP contribution in [-0.4, -0.2) is 33.7 Å². The molecule has 0 atom stereocenters. The fraction of sp³-hybridized carbons (Fsp3) is 0.444. The molecule has 0 unspecified atom stereocenters. The third kappa shape index (κ3) is 2.41. The number of primary amides is 1. The first-order valence-electron chi connectivity index (χ1n) is 4.57. The number of nitrogens with zero attached hydrogens (tertiary/aromatic N) is 2. The minimum atomic E-state index is -0.611. The number of urea groups is 1. The van der Waals surface area contributed by atoms with Crippen LogP contribution in [0.1, 0.15) is 13.8 Å². The van der Waals surface area contributed by atoms with E-state index >= 15 is 0 Å². The van der Waals surface area contributed by atoms with Crippen LogP contribution in [0.3, 0.4) is 0 Å². The number of carbonyl (C=O) groups is 1. The third-order valence-electron chi connectivity index (χ3n) is 2.03. The lowest BCUT2D eigenvalue weighted by Gasteiger charge is -2.34. The number of allylic oxidation sites excluding steroid dienone is 1. The van der Waals surface area contributed by atoms with Gasteiger partial charge in [-0.05, 0) is 19.9 Å². The van der Waals surface area contributed by atoms with E-state index in [4.69, 9.17) is 5.73 Å². The van der Waals surface area contributed by atoms with Gasteiger partial charge in [-0.25, -0.2) is 4.79 Å². The lowest BCUT2D eigenvalue weighted by atomic mass is 10.2. The quantitative estimate of drug-likeness (QED) is 0.710. The molecule has 6 heteroatoms. The zero-order chi connectivity index (χ0) is 11.6. The molecule has 0 radical (unpaired) electrons. The Balaban J connectivity index is 2.93. The van der Waals surface area contributed by atoms with Crippen LogP contribution in [0.15, 0.2) is 23.7 Å². The van der Waals surface area contributed by atoms with E-state index in [0.717, 1.165) is 0 Å². The van der Waals surface area contributed by atoms with Crippen molar-refractivity contribution in [3.63, 3.8) is 0 Å². The Morgan fingerprint density at radius 2 is 2.33 bits per heavy atom. The first kappa shape index (κ1) is 11.4. The van der Waals surface area contributed by atoms with E-state index in [9.17, 15) is 15.1 Å². The topological polar surface area (TPSA) is 92.9 Å². The Kier molecular flexibility index (Phi) is 3.21. The van der Waals surface area contributed by atoms with Gasteiger partial charge in [0.05, 0.1) is 0 Å². The Morgan fingerprint density at radius 3 is 2.73 bits per heavy atom. The zero-order valence-corrected chi connectivity index (χ0v) is 8.67. The summed E-state index contributed by atoms with van der Waals surface area (Å²) < 4.78 is 0. The number of hydrogen-bond acceptors (Lipinski definition) is 4. The second kappa shape index (κ2) is 4.22. The zero-order valence-electron chi connectivity index (χ0n) is 8.67. The van der Waals surface area contributed by atoms with E-state index in [2.05, 4.69) is 0 Å². The molecule has 0 bridgehead atoms. The monoisotopic (exact) mass is 212 g/mol. The summed E-state index contributed by atoms with van der Waals surface area (Å²) in [5, 5.41) is 20.6. The van der Waals surface area contributed by atoms with Crippen LogP contribution in [0.4, 0.5) is 4.79 Å². The smallest absolute Gasteiger partial charge is 0.319 e. The van der Waals surface area contributed by atoms with Crippen molar-refractivity contribution in [2.75, 3.05) is 6.54 Å². The van der Waals surface area contributed by atoms with Crippen molar-refractivity contribution in [3.05, 3.63) is 28.9 Å². The average Bonchev–Trinajstić information content (AvgIpc) is 2.10. The van der Waals surface area contributed by atoms with Crippen molar-refractivity contribution < 1.29 is 9.90 Å². The van der Waals surface area contributed by atoms with Crippen molar-refractivity contribution in [2.24, 2.45) is 5.73 Å². The van der Waals surface area contributed by atoms with Crippen LogP contribution < -0.4 is 5.73 Å². The predicted octanol–water partition coefficient (Wildman–Crippen LogP) is 0.872. The standard InChI is InChI=1S/C9H14N3O3/c1-6(2)12(9(10)14)7-3-4-11(15)8(13)5-7/h3,5-6,13H,4H2,1-2H3,(H2,10,14)/q-1. The Morgan fingerprint density at radius 1 is 1.73 bits per heavy atom. The number of hydrogen-bond donors (Lipinski definition) is 2. The molecule has 15 heavy (non-hydrogen) atoms. The van der Waals surface area contributed by atoms with Crippen molar-refractivity contribution in [1.82, 2.24) is 9.96 Å². The fourth-order valence-electron chi connectivity index (χ4n) is 1.38. The molecule has 0 aromatic rings. The molecule has 3 N–H and O–H groups in total. The van der Waals surface area contributed by atoms with Crippen molar-refractivity contribution in [3.8, 4) is 0 Å². The van der Waals surface area contributed by atoms with E-state index in [1.165, 1.54) is 17.1 Å². The molecule has 1 aliphatic rings. The van der Waals surface area contributed by atoms with Gasteiger partial charge in [0.2, 0.25) is 0 Å². The van der Waals surface area contributed by atoms with Gasteiger partial charge in [-0.15, -0.1) is 0 Å². The van der Waals surface area contributed by atoms with Gasteiger partial charge < -0.3 is 21.1 Å². The Bertz CT molecular complexity index is 323. The van der Waals surface area contributed by atoms with Gasteiger partial charge in [-0.3, -0.25) is 4.90 Å². The normalized spacial score (nSPS) is 16.1. The van der Waals surface area contributed by atoms with Crippen molar-refractivity contribution in [2.45, 2.75) is 19.9 Å². The molecule has 6 nitrogen and oxygen atoms in total. The highest BCUT2D eigenvalue weighted by molar-refractivity contribution is 5.75.